The second-order valence-corrected chi connectivity index (χ2v) is 5.30. The van der Waals surface area contributed by atoms with Gasteiger partial charge in [0.05, 0.1) is 10.6 Å². The maximum Gasteiger partial charge on any atom is 0.270 e. The quantitative estimate of drug-likeness (QED) is 0.495. The third kappa shape index (κ3) is 2.83. The van der Waals surface area contributed by atoms with Gasteiger partial charge in [0.15, 0.2) is 0 Å². The molecule has 1 fully saturated rings. The fourth-order valence-corrected chi connectivity index (χ4v) is 2.70. The highest BCUT2D eigenvalue weighted by molar-refractivity contribution is 6.18. The number of nitro benzene ring substituents is 1. The van der Waals surface area contributed by atoms with Crippen molar-refractivity contribution in [3.8, 4) is 11.1 Å². The van der Waals surface area contributed by atoms with Crippen molar-refractivity contribution in [3.63, 3.8) is 0 Å². The minimum Gasteiger partial charge on any atom is -0.274 e. The van der Waals surface area contributed by atoms with Crippen LogP contribution in [0.1, 0.15) is 19.3 Å². The minimum atomic E-state index is -0.490. The first-order valence-electron chi connectivity index (χ1n) is 7.27. The van der Waals surface area contributed by atoms with E-state index in [-0.39, 0.29) is 17.5 Å². The van der Waals surface area contributed by atoms with Crippen molar-refractivity contribution in [3.05, 3.63) is 58.6 Å². The molecule has 1 aliphatic heterocycles. The van der Waals surface area contributed by atoms with Crippen LogP contribution in [-0.2, 0) is 9.59 Å². The third-order valence-electron chi connectivity index (χ3n) is 3.80. The van der Waals surface area contributed by atoms with Crippen LogP contribution >= 0.6 is 0 Å². The largest absolute Gasteiger partial charge is 0.274 e. The van der Waals surface area contributed by atoms with E-state index in [1.165, 1.54) is 18.2 Å². The molecule has 1 heterocycles. The van der Waals surface area contributed by atoms with Crippen LogP contribution in [0, 0.1) is 10.1 Å². The molecule has 0 N–H and O–H groups in total. The summed E-state index contributed by atoms with van der Waals surface area (Å²) >= 11 is 0. The zero-order chi connectivity index (χ0) is 16.4. The normalized spacial score (nSPS) is 14.9. The zero-order valence-electron chi connectivity index (χ0n) is 12.3. The predicted molar refractivity (Wildman–Crippen MR) is 84.9 cm³/mol. The average Bonchev–Trinajstić information content (AvgIpc) is 2.55. The fourth-order valence-electron chi connectivity index (χ4n) is 2.70. The SMILES string of the molecule is O=C1CCCC(=O)N1c1ccc([N+](=O)[O-])cc1-c1ccccc1. The molecule has 0 spiro atoms. The predicted octanol–water partition coefficient (Wildman–Crippen LogP) is 3.31. The van der Waals surface area contributed by atoms with E-state index in [9.17, 15) is 19.7 Å². The summed E-state index contributed by atoms with van der Waals surface area (Å²) in [6, 6.07) is 13.2. The molecule has 6 heteroatoms. The van der Waals surface area contributed by atoms with E-state index in [2.05, 4.69) is 0 Å². The second-order valence-electron chi connectivity index (χ2n) is 5.30. The van der Waals surface area contributed by atoms with Crippen molar-refractivity contribution >= 4 is 23.2 Å². The third-order valence-corrected chi connectivity index (χ3v) is 3.80. The summed E-state index contributed by atoms with van der Waals surface area (Å²) in [7, 11) is 0. The van der Waals surface area contributed by atoms with Crippen LogP contribution in [0.25, 0.3) is 11.1 Å². The first-order chi connectivity index (χ1) is 11.1. The molecule has 2 aromatic carbocycles. The molecular formula is C17H14N2O4. The number of non-ortho nitro benzene ring substituents is 1. The number of anilines is 1. The highest BCUT2D eigenvalue weighted by Crippen LogP contribution is 2.36. The molecule has 0 bridgehead atoms. The molecule has 1 aliphatic rings. The van der Waals surface area contributed by atoms with E-state index >= 15 is 0 Å². The molecule has 0 saturated carbocycles. The molecule has 0 aliphatic carbocycles. The van der Waals surface area contributed by atoms with Gasteiger partial charge in [-0.15, -0.1) is 0 Å². The average molecular weight is 310 g/mol. The number of benzene rings is 2. The van der Waals surface area contributed by atoms with E-state index in [0.29, 0.717) is 30.5 Å². The molecule has 0 atom stereocenters. The summed E-state index contributed by atoms with van der Waals surface area (Å²) in [6.45, 7) is 0. The van der Waals surface area contributed by atoms with Gasteiger partial charge in [0.25, 0.3) is 5.69 Å². The molecule has 23 heavy (non-hydrogen) atoms. The van der Waals surface area contributed by atoms with Crippen LogP contribution in [0.3, 0.4) is 0 Å². The Morgan fingerprint density at radius 3 is 2.22 bits per heavy atom. The topological polar surface area (TPSA) is 80.5 Å². The maximum absolute atomic E-state index is 12.2. The van der Waals surface area contributed by atoms with Gasteiger partial charge in [-0.2, -0.15) is 0 Å². The Balaban J connectivity index is 2.18. The van der Waals surface area contributed by atoms with Gasteiger partial charge in [0, 0.05) is 30.5 Å². The van der Waals surface area contributed by atoms with Crippen LogP contribution in [0.2, 0.25) is 0 Å². The number of nitro groups is 1. The van der Waals surface area contributed by atoms with E-state index in [1.54, 1.807) is 24.3 Å². The Bertz CT molecular complexity index is 770. The number of hydrogen-bond donors (Lipinski definition) is 0. The number of piperidine rings is 1. The summed E-state index contributed by atoms with van der Waals surface area (Å²) < 4.78 is 0. The van der Waals surface area contributed by atoms with Gasteiger partial charge < -0.3 is 0 Å². The number of hydrogen-bond acceptors (Lipinski definition) is 4. The molecule has 2 aromatic rings. The van der Waals surface area contributed by atoms with E-state index in [1.807, 2.05) is 6.07 Å². The van der Waals surface area contributed by atoms with Gasteiger partial charge in [-0.05, 0) is 18.1 Å². The van der Waals surface area contributed by atoms with Crippen molar-refractivity contribution in [2.24, 2.45) is 0 Å². The molecule has 3 rings (SSSR count). The van der Waals surface area contributed by atoms with Gasteiger partial charge in [-0.25, -0.2) is 4.90 Å². The summed E-state index contributed by atoms with van der Waals surface area (Å²) in [4.78, 5) is 36.1. The Labute approximate surface area is 132 Å². The van der Waals surface area contributed by atoms with Gasteiger partial charge >= 0.3 is 0 Å². The molecular weight excluding hydrogens is 296 g/mol. The lowest BCUT2D eigenvalue weighted by atomic mass is 10.00. The highest BCUT2D eigenvalue weighted by Gasteiger charge is 2.30. The standard InChI is InChI=1S/C17H14N2O4/c20-16-7-4-8-17(21)18(16)15-10-9-13(19(22)23)11-14(15)12-5-2-1-3-6-12/h1-3,5-6,9-11H,4,7-8H2. The lowest BCUT2D eigenvalue weighted by molar-refractivity contribution is -0.384. The smallest absolute Gasteiger partial charge is 0.270 e. The monoisotopic (exact) mass is 310 g/mol. The Morgan fingerprint density at radius 2 is 1.61 bits per heavy atom. The Morgan fingerprint density at radius 1 is 0.957 bits per heavy atom. The molecule has 2 amide bonds. The number of amides is 2. The Kier molecular flexibility index (Phi) is 3.89. The van der Waals surface area contributed by atoms with E-state index in [0.717, 1.165) is 10.5 Å². The van der Waals surface area contributed by atoms with Gasteiger partial charge in [0.2, 0.25) is 11.8 Å². The highest BCUT2D eigenvalue weighted by atomic mass is 16.6. The van der Waals surface area contributed by atoms with E-state index in [4.69, 9.17) is 0 Å². The lowest BCUT2D eigenvalue weighted by Gasteiger charge is -2.26. The molecule has 1 saturated heterocycles. The van der Waals surface area contributed by atoms with Gasteiger partial charge in [-0.3, -0.25) is 19.7 Å². The number of carbonyl (C=O) groups excluding carboxylic acids is 2. The second kappa shape index (κ2) is 6.00. The number of nitrogens with zero attached hydrogens (tertiary/aromatic N) is 2. The molecule has 0 unspecified atom stereocenters. The molecule has 0 aromatic heterocycles. The van der Waals surface area contributed by atoms with Crippen LogP contribution in [0.15, 0.2) is 48.5 Å². The summed E-state index contributed by atoms with van der Waals surface area (Å²) in [6.07, 6.45) is 1.15. The van der Waals surface area contributed by atoms with Crippen molar-refractivity contribution < 1.29 is 14.5 Å². The lowest BCUT2D eigenvalue weighted by Crippen LogP contribution is -2.40. The number of rotatable bonds is 3. The van der Waals surface area contributed by atoms with Crippen LogP contribution < -0.4 is 4.90 Å². The molecule has 116 valence electrons. The van der Waals surface area contributed by atoms with Crippen molar-refractivity contribution in [1.82, 2.24) is 0 Å². The molecule has 6 nitrogen and oxygen atoms in total. The van der Waals surface area contributed by atoms with Crippen LogP contribution in [0.5, 0.6) is 0 Å². The maximum atomic E-state index is 12.2. The fraction of sp³-hybridized carbons (Fsp3) is 0.176. The first-order valence-corrected chi connectivity index (χ1v) is 7.27. The zero-order valence-corrected chi connectivity index (χ0v) is 12.3. The number of imide groups is 1. The summed E-state index contributed by atoms with van der Waals surface area (Å²) in [5.74, 6) is -0.542. The van der Waals surface area contributed by atoms with Gasteiger partial charge in [0.1, 0.15) is 0 Å². The van der Waals surface area contributed by atoms with Crippen LogP contribution in [0.4, 0.5) is 11.4 Å². The van der Waals surface area contributed by atoms with Crippen molar-refractivity contribution in [2.45, 2.75) is 19.3 Å². The van der Waals surface area contributed by atoms with Crippen LogP contribution in [-0.4, -0.2) is 16.7 Å². The summed E-state index contributed by atoms with van der Waals surface area (Å²) in [5.41, 5.74) is 1.54. The molecule has 0 radical (unpaired) electrons. The van der Waals surface area contributed by atoms with Crippen molar-refractivity contribution in [2.75, 3.05) is 4.90 Å². The Hall–Kier alpha value is -3.02. The first kappa shape index (κ1) is 14.9. The van der Waals surface area contributed by atoms with Crippen molar-refractivity contribution in [1.29, 1.82) is 0 Å². The van der Waals surface area contributed by atoms with Gasteiger partial charge in [-0.1, -0.05) is 30.3 Å². The van der Waals surface area contributed by atoms with E-state index < -0.39 is 4.92 Å². The summed E-state index contributed by atoms with van der Waals surface area (Å²) in [5, 5.41) is 11.1. The minimum absolute atomic E-state index is 0.0792. The number of carbonyl (C=O) groups is 2.